The fourth-order valence-corrected chi connectivity index (χ4v) is 5.76. The van der Waals surface area contributed by atoms with E-state index in [9.17, 15) is 13.2 Å². The zero-order valence-corrected chi connectivity index (χ0v) is 18.6. The van der Waals surface area contributed by atoms with Gasteiger partial charge in [-0.3, -0.25) is 9.10 Å². The fourth-order valence-electron chi connectivity index (χ4n) is 3.37. The second-order valence-electron chi connectivity index (χ2n) is 6.84. The van der Waals surface area contributed by atoms with Crippen LogP contribution in [0, 0.1) is 0 Å². The lowest BCUT2D eigenvalue weighted by Gasteiger charge is -2.28. The zero-order chi connectivity index (χ0) is 20.7. The molecule has 1 fully saturated rings. The van der Waals surface area contributed by atoms with E-state index in [1.165, 1.54) is 39.9 Å². The smallest absolute Gasteiger partial charge is 0.243 e. The molecule has 0 aromatic heterocycles. The molecule has 2 rings (SSSR count). The van der Waals surface area contributed by atoms with Crippen LogP contribution in [0.5, 0.6) is 11.5 Å². The topological polar surface area (TPSA) is 84.9 Å². The number of nitrogens with one attached hydrogen (secondary N) is 1. The lowest BCUT2D eigenvalue weighted by molar-refractivity contribution is -0.121. The molecule has 1 amide bonds. The van der Waals surface area contributed by atoms with Gasteiger partial charge in [0.05, 0.1) is 26.2 Å². The Morgan fingerprint density at radius 3 is 2.46 bits per heavy atom. The first kappa shape index (κ1) is 22.7. The minimum absolute atomic E-state index is 0.327. The molecule has 158 valence electrons. The van der Waals surface area contributed by atoms with Crippen LogP contribution >= 0.6 is 11.8 Å². The Hall–Kier alpha value is -1.61. The summed E-state index contributed by atoms with van der Waals surface area (Å²) in [5, 5.41) is 3.55. The summed E-state index contributed by atoms with van der Waals surface area (Å²) in [5.41, 5.74) is 0.350. The number of carbonyl (C=O) groups excluding carboxylic acids is 1. The Bertz CT molecular complexity index is 764. The van der Waals surface area contributed by atoms with Gasteiger partial charge in [0.25, 0.3) is 0 Å². The van der Waals surface area contributed by atoms with E-state index in [1.807, 2.05) is 11.8 Å². The molecule has 0 saturated heterocycles. The number of nitrogens with zero attached hydrogens (tertiary/aromatic N) is 1. The molecule has 1 saturated carbocycles. The molecule has 0 spiro atoms. The standard InChI is InChI=1S/C19H30N2O5S2/c1-14(19(22)20-11-12-27-16-7-5-6-8-16)21(28(4,23)24)15-9-10-17(25-2)18(13-15)26-3/h9-10,13-14,16H,5-8,11-12H2,1-4H3,(H,20,22)/t14-/m1/s1. The Morgan fingerprint density at radius 1 is 1.25 bits per heavy atom. The van der Waals surface area contributed by atoms with Gasteiger partial charge in [0, 0.05) is 23.6 Å². The number of ether oxygens (including phenoxy) is 2. The second-order valence-corrected chi connectivity index (χ2v) is 10.1. The Labute approximate surface area is 172 Å². The van der Waals surface area contributed by atoms with Gasteiger partial charge in [0.15, 0.2) is 11.5 Å². The largest absolute Gasteiger partial charge is 0.493 e. The molecular weight excluding hydrogens is 400 g/mol. The van der Waals surface area contributed by atoms with Gasteiger partial charge in [-0.1, -0.05) is 12.8 Å². The van der Waals surface area contributed by atoms with Gasteiger partial charge in [-0.15, -0.1) is 0 Å². The van der Waals surface area contributed by atoms with Crippen LogP contribution in [0.2, 0.25) is 0 Å². The summed E-state index contributed by atoms with van der Waals surface area (Å²) in [5.74, 6) is 1.39. The van der Waals surface area contributed by atoms with Crippen molar-refractivity contribution >= 4 is 33.4 Å². The van der Waals surface area contributed by atoms with Crippen molar-refractivity contribution in [3.05, 3.63) is 18.2 Å². The maximum atomic E-state index is 12.6. The van der Waals surface area contributed by atoms with E-state index < -0.39 is 16.1 Å². The minimum atomic E-state index is -3.68. The molecule has 1 N–H and O–H groups in total. The third-order valence-electron chi connectivity index (χ3n) is 4.77. The van der Waals surface area contributed by atoms with Crippen LogP contribution in [0.4, 0.5) is 5.69 Å². The zero-order valence-electron chi connectivity index (χ0n) is 16.9. The summed E-state index contributed by atoms with van der Waals surface area (Å²) < 4.78 is 36.4. The van der Waals surface area contributed by atoms with Crippen molar-refractivity contribution in [1.82, 2.24) is 5.32 Å². The summed E-state index contributed by atoms with van der Waals surface area (Å²) in [6, 6.07) is 3.89. The van der Waals surface area contributed by atoms with Crippen LogP contribution in [0.1, 0.15) is 32.6 Å². The van der Waals surface area contributed by atoms with E-state index in [4.69, 9.17) is 9.47 Å². The average molecular weight is 431 g/mol. The molecule has 1 aromatic carbocycles. The highest BCUT2D eigenvalue weighted by atomic mass is 32.2. The van der Waals surface area contributed by atoms with Crippen molar-refractivity contribution in [3.63, 3.8) is 0 Å². The number of sulfonamides is 1. The number of methoxy groups -OCH3 is 2. The molecule has 9 heteroatoms. The number of rotatable bonds is 10. The summed E-state index contributed by atoms with van der Waals surface area (Å²) in [6.07, 6.45) is 6.15. The minimum Gasteiger partial charge on any atom is -0.493 e. The van der Waals surface area contributed by atoms with E-state index in [2.05, 4.69) is 5.32 Å². The fraction of sp³-hybridized carbons (Fsp3) is 0.632. The number of hydrogen-bond acceptors (Lipinski definition) is 6. The maximum absolute atomic E-state index is 12.6. The molecular formula is C19H30N2O5S2. The quantitative estimate of drug-likeness (QED) is 0.575. The average Bonchev–Trinajstić information content (AvgIpc) is 3.17. The third kappa shape index (κ3) is 5.94. The molecule has 0 radical (unpaired) electrons. The van der Waals surface area contributed by atoms with Crippen molar-refractivity contribution in [2.24, 2.45) is 0 Å². The summed E-state index contributed by atoms with van der Waals surface area (Å²) in [7, 11) is -0.697. The molecule has 0 heterocycles. The van der Waals surface area contributed by atoms with Gasteiger partial charge in [-0.25, -0.2) is 8.42 Å². The normalized spacial score (nSPS) is 15.9. The SMILES string of the molecule is COc1ccc(N([C@H](C)C(=O)NCCSC2CCCC2)S(C)(=O)=O)cc1OC. The van der Waals surface area contributed by atoms with E-state index >= 15 is 0 Å². The first-order chi connectivity index (χ1) is 13.3. The summed E-state index contributed by atoms with van der Waals surface area (Å²) in [6.45, 7) is 2.10. The van der Waals surface area contributed by atoms with Crippen molar-refractivity contribution in [3.8, 4) is 11.5 Å². The lowest BCUT2D eigenvalue weighted by atomic mass is 10.2. The van der Waals surface area contributed by atoms with Gasteiger partial charge < -0.3 is 14.8 Å². The molecule has 0 bridgehead atoms. The van der Waals surface area contributed by atoms with Gasteiger partial charge in [-0.05, 0) is 31.9 Å². The van der Waals surface area contributed by atoms with Crippen molar-refractivity contribution in [2.75, 3.05) is 37.1 Å². The highest BCUT2D eigenvalue weighted by molar-refractivity contribution is 7.99. The first-order valence-corrected chi connectivity index (χ1v) is 12.3. The molecule has 0 unspecified atom stereocenters. The van der Waals surface area contributed by atoms with E-state index in [0.29, 0.717) is 29.0 Å². The Morgan fingerprint density at radius 2 is 1.89 bits per heavy atom. The molecule has 28 heavy (non-hydrogen) atoms. The Balaban J connectivity index is 2.06. The summed E-state index contributed by atoms with van der Waals surface area (Å²) >= 11 is 1.88. The number of anilines is 1. The highest BCUT2D eigenvalue weighted by Gasteiger charge is 2.29. The van der Waals surface area contributed by atoms with Gasteiger partial charge >= 0.3 is 0 Å². The monoisotopic (exact) mass is 430 g/mol. The van der Waals surface area contributed by atoms with Gasteiger partial charge in [-0.2, -0.15) is 11.8 Å². The molecule has 7 nitrogen and oxygen atoms in total. The molecule has 0 aliphatic heterocycles. The maximum Gasteiger partial charge on any atom is 0.243 e. The van der Waals surface area contributed by atoms with Crippen molar-refractivity contribution < 1.29 is 22.7 Å². The van der Waals surface area contributed by atoms with Crippen LogP contribution in [0.15, 0.2) is 18.2 Å². The number of carbonyl (C=O) groups is 1. The van der Waals surface area contributed by atoms with Crippen LogP contribution in [-0.2, 0) is 14.8 Å². The van der Waals surface area contributed by atoms with Crippen LogP contribution in [-0.4, -0.2) is 58.4 Å². The van der Waals surface area contributed by atoms with E-state index in [0.717, 1.165) is 16.3 Å². The van der Waals surface area contributed by atoms with Crippen LogP contribution in [0.3, 0.4) is 0 Å². The van der Waals surface area contributed by atoms with Crippen molar-refractivity contribution in [1.29, 1.82) is 0 Å². The van der Waals surface area contributed by atoms with Gasteiger partial charge in [0.2, 0.25) is 15.9 Å². The number of thioether (sulfide) groups is 1. The number of benzene rings is 1. The first-order valence-electron chi connectivity index (χ1n) is 9.38. The summed E-state index contributed by atoms with van der Waals surface area (Å²) in [4.78, 5) is 12.6. The molecule has 1 aliphatic rings. The van der Waals surface area contributed by atoms with Gasteiger partial charge in [0.1, 0.15) is 6.04 Å². The van der Waals surface area contributed by atoms with E-state index in [-0.39, 0.29) is 5.91 Å². The number of hydrogen-bond donors (Lipinski definition) is 1. The number of amides is 1. The molecule has 1 aliphatic carbocycles. The van der Waals surface area contributed by atoms with E-state index in [1.54, 1.807) is 25.1 Å². The molecule has 1 aromatic rings. The second kappa shape index (κ2) is 10.2. The van der Waals surface area contributed by atoms with Crippen LogP contribution in [0.25, 0.3) is 0 Å². The molecule has 1 atom stereocenters. The lowest BCUT2D eigenvalue weighted by Crippen LogP contribution is -2.48. The predicted molar refractivity (Wildman–Crippen MR) is 114 cm³/mol. The Kier molecular flexibility index (Phi) is 8.30. The van der Waals surface area contributed by atoms with Crippen LogP contribution < -0.4 is 19.1 Å². The third-order valence-corrected chi connectivity index (χ3v) is 7.39. The highest BCUT2D eigenvalue weighted by Crippen LogP contribution is 2.33. The predicted octanol–water partition coefficient (Wildman–Crippen LogP) is 2.65. The van der Waals surface area contributed by atoms with Crippen molar-refractivity contribution in [2.45, 2.75) is 43.9 Å².